The molecule has 2 heterocycles. The van der Waals surface area contributed by atoms with Crippen LogP contribution in [0.5, 0.6) is 0 Å². The lowest BCUT2D eigenvalue weighted by Crippen LogP contribution is -2.10. The number of rotatable bonds is 4. The lowest BCUT2D eigenvalue weighted by atomic mass is 10.3. The summed E-state index contributed by atoms with van der Waals surface area (Å²) < 4.78 is 9.55. The van der Waals surface area contributed by atoms with Gasteiger partial charge in [0.25, 0.3) is 0 Å². The van der Waals surface area contributed by atoms with Crippen LogP contribution in [-0.4, -0.2) is 23.2 Å². The number of nitrogens with two attached hydrogens (primary N) is 1. The number of hydrogen-bond acceptors (Lipinski definition) is 7. The van der Waals surface area contributed by atoms with Crippen LogP contribution in [0.1, 0.15) is 21.9 Å². The van der Waals surface area contributed by atoms with Gasteiger partial charge in [0.1, 0.15) is 11.5 Å². The van der Waals surface area contributed by atoms with Gasteiger partial charge in [0.05, 0.1) is 19.3 Å². The number of esters is 1. The van der Waals surface area contributed by atoms with Crippen molar-refractivity contribution in [1.82, 2.24) is 10.1 Å². The van der Waals surface area contributed by atoms with E-state index in [2.05, 4.69) is 20.2 Å². The molecule has 2 aromatic rings. The molecule has 7 heteroatoms. The zero-order valence-corrected chi connectivity index (χ0v) is 10.6. The second-order valence-corrected chi connectivity index (χ2v) is 3.91. The molecular formula is C12H14N4O3. The van der Waals surface area contributed by atoms with E-state index in [0.717, 1.165) is 11.5 Å². The maximum Gasteiger partial charge on any atom is 0.356 e. The van der Waals surface area contributed by atoms with Crippen LogP contribution in [0.25, 0.3) is 0 Å². The summed E-state index contributed by atoms with van der Waals surface area (Å²) in [5.41, 5.74) is 7.13. The molecule has 0 amide bonds. The van der Waals surface area contributed by atoms with Crippen molar-refractivity contribution in [2.75, 3.05) is 18.2 Å². The molecule has 2 rings (SSSR count). The number of anilines is 2. The molecule has 0 fully saturated rings. The van der Waals surface area contributed by atoms with Gasteiger partial charge in [-0.1, -0.05) is 5.16 Å². The molecule has 2 aromatic heterocycles. The topological polar surface area (TPSA) is 103 Å². The molecule has 0 aliphatic carbocycles. The van der Waals surface area contributed by atoms with E-state index in [-0.39, 0.29) is 5.69 Å². The van der Waals surface area contributed by atoms with Crippen molar-refractivity contribution in [2.24, 2.45) is 0 Å². The number of carbonyl (C=O) groups is 1. The Morgan fingerprint density at radius 1 is 1.53 bits per heavy atom. The molecule has 0 aliphatic rings. The maximum atomic E-state index is 11.4. The number of aryl methyl sites for hydroxylation is 1. The van der Waals surface area contributed by atoms with Gasteiger partial charge >= 0.3 is 5.97 Å². The lowest BCUT2D eigenvalue weighted by Gasteiger charge is -2.08. The van der Waals surface area contributed by atoms with Crippen LogP contribution in [0.4, 0.5) is 11.5 Å². The first-order valence-electron chi connectivity index (χ1n) is 5.61. The van der Waals surface area contributed by atoms with Crippen LogP contribution in [0.15, 0.2) is 22.7 Å². The van der Waals surface area contributed by atoms with E-state index in [1.807, 2.05) is 0 Å². The summed E-state index contributed by atoms with van der Waals surface area (Å²) >= 11 is 0. The molecule has 100 valence electrons. The minimum atomic E-state index is -0.514. The Hall–Kier alpha value is -2.57. The number of pyridine rings is 1. The maximum absolute atomic E-state index is 11.4. The van der Waals surface area contributed by atoms with Crippen molar-refractivity contribution in [3.05, 3.63) is 35.3 Å². The van der Waals surface area contributed by atoms with E-state index in [1.165, 1.54) is 13.2 Å². The third-order valence-electron chi connectivity index (χ3n) is 2.43. The smallest absolute Gasteiger partial charge is 0.356 e. The molecule has 0 radical (unpaired) electrons. The summed E-state index contributed by atoms with van der Waals surface area (Å²) in [7, 11) is 1.30. The highest BCUT2D eigenvalue weighted by Crippen LogP contribution is 2.17. The van der Waals surface area contributed by atoms with Crippen molar-refractivity contribution in [3.63, 3.8) is 0 Å². The first-order valence-corrected chi connectivity index (χ1v) is 5.61. The SMILES string of the molecule is COC(=O)c1ccc(N)c(NCc2cc(C)on2)n1. The van der Waals surface area contributed by atoms with E-state index in [0.29, 0.717) is 18.1 Å². The minimum Gasteiger partial charge on any atom is -0.464 e. The fourth-order valence-electron chi connectivity index (χ4n) is 1.51. The van der Waals surface area contributed by atoms with Crippen molar-refractivity contribution >= 4 is 17.5 Å². The molecule has 0 aromatic carbocycles. The Morgan fingerprint density at radius 2 is 2.32 bits per heavy atom. The van der Waals surface area contributed by atoms with Crippen molar-refractivity contribution in [3.8, 4) is 0 Å². The number of methoxy groups -OCH3 is 1. The van der Waals surface area contributed by atoms with Gasteiger partial charge in [0.15, 0.2) is 11.5 Å². The van der Waals surface area contributed by atoms with Gasteiger partial charge in [-0.25, -0.2) is 9.78 Å². The minimum absolute atomic E-state index is 0.190. The van der Waals surface area contributed by atoms with Gasteiger partial charge in [0, 0.05) is 6.07 Å². The van der Waals surface area contributed by atoms with Crippen LogP contribution < -0.4 is 11.1 Å². The van der Waals surface area contributed by atoms with Crippen LogP contribution in [0.2, 0.25) is 0 Å². The molecule has 0 saturated heterocycles. The summed E-state index contributed by atoms with van der Waals surface area (Å²) in [6.45, 7) is 2.21. The monoisotopic (exact) mass is 262 g/mol. The Bertz CT molecular complexity index is 594. The number of hydrogen-bond donors (Lipinski definition) is 2. The molecule has 0 saturated carbocycles. The predicted octanol–water partition coefficient (Wildman–Crippen LogP) is 1.36. The lowest BCUT2D eigenvalue weighted by molar-refractivity contribution is 0.0594. The van der Waals surface area contributed by atoms with Crippen molar-refractivity contribution in [2.45, 2.75) is 13.5 Å². The average molecular weight is 262 g/mol. The molecule has 0 aliphatic heterocycles. The number of ether oxygens (including phenoxy) is 1. The third-order valence-corrected chi connectivity index (χ3v) is 2.43. The fraction of sp³-hybridized carbons (Fsp3) is 0.250. The Labute approximate surface area is 109 Å². The van der Waals surface area contributed by atoms with Crippen molar-refractivity contribution < 1.29 is 14.1 Å². The van der Waals surface area contributed by atoms with Crippen LogP contribution >= 0.6 is 0 Å². The van der Waals surface area contributed by atoms with E-state index in [9.17, 15) is 4.79 Å². The highest BCUT2D eigenvalue weighted by Gasteiger charge is 2.10. The molecule has 19 heavy (non-hydrogen) atoms. The summed E-state index contributed by atoms with van der Waals surface area (Å²) in [6, 6.07) is 4.90. The highest BCUT2D eigenvalue weighted by atomic mass is 16.5. The van der Waals surface area contributed by atoms with Gasteiger partial charge in [-0.3, -0.25) is 0 Å². The Balaban J connectivity index is 2.12. The fourth-order valence-corrected chi connectivity index (χ4v) is 1.51. The van der Waals surface area contributed by atoms with Crippen LogP contribution in [0, 0.1) is 6.92 Å². The molecule has 3 N–H and O–H groups in total. The molecular weight excluding hydrogens is 248 g/mol. The number of carbonyl (C=O) groups excluding carboxylic acids is 1. The zero-order chi connectivity index (χ0) is 13.8. The first kappa shape index (κ1) is 12.9. The molecule has 0 unspecified atom stereocenters. The second kappa shape index (κ2) is 5.38. The number of nitrogen functional groups attached to an aromatic ring is 1. The molecule has 7 nitrogen and oxygen atoms in total. The van der Waals surface area contributed by atoms with E-state index in [4.69, 9.17) is 10.3 Å². The van der Waals surface area contributed by atoms with E-state index in [1.54, 1.807) is 19.1 Å². The largest absolute Gasteiger partial charge is 0.464 e. The quantitative estimate of drug-likeness (QED) is 0.801. The first-order chi connectivity index (χ1) is 9.10. The van der Waals surface area contributed by atoms with Gasteiger partial charge in [-0.05, 0) is 19.1 Å². The van der Waals surface area contributed by atoms with Gasteiger partial charge < -0.3 is 20.3 Å². The summed E-state index contributed by atoms with van der Waals surface area (Å²) in [4.78, 5) is 15.5. The third kappa shape index (κ3) is 3.01. The predicted molar refractivity (Wildman–Crippen MR) is 68.6 cm³/mol. The van der Waals surface area contributed by atoms with Crippen LogP contribution in [0.3, 0.4) is 0 Å². The van der Waals surface area contributed by atoms with Gasteiger partial charge in [-0.2, -0.15) is 0 Å². The van der Waals surface area contributed by atoms with Crippen molar-refractivity contribution in [1.29, 1.82) is 0 Å². The van der Waals surface area contributed by atoms with E-state index >= 15 is 0 Å². The van der Waals surface area contributed by atoms with Gasteiger partial charge in [0.2, 0.25) is 0 Å². The average Bonchev–Trinajstić information content (AvgIpc) is 2.82. The molecule has 0 atom stereocenters. The number of nitrogens with one attached hydrogen (secondary N) is 1. The second-order valence-electron chi connectivity index (χ2n) is 3.91. The van der Waals surface area contributed by atoms with E-state index < -0.39 is 5.97 Å². The summed E-state index contributed by atoms with van der Waals surface area (Å²) in [6.07, 6.45) is 0. The molecule has 0 spiro atoms. The Morgan fingerprint density at radius 3 is 2.95 bits per heavy atom. The number of aromatic nitrogens is 2. The molecule has 0 bridgehead atoms. The Kier molecular flexibility index (Phi) is 3.65. The normalized spacial score (nSPS) is 10.2. The summed E-state index contributed by atoms with van der Waals surface area (Å²) in [5.74, 6) is 0.616. The highest BCUT2D eigenvalue weighted by molar-refractivity contribution is 5.88. The van der Waals surface area contributed by atoms with Crippen LogP contribution in [-0.2, 0) is 11.3 Å². The summed E-state index contributed by atoms with van der Waals surface area (Å²) in [5, 5.41) is 6.83. The van der Waals surface area contributed by atoms with Gasteiger partial charge in [-0.15, -0.1) is 0 Å². The zero-order valence-electron chi connectivity index (χ0n) is 10.6. The standard InChI is InChI=1S/C12H14N4O3/c1-7-5-8(16-19-7)6-14-11-9(13)3-4-10(15-11)12(17)18-2/h3-5H,6,13H2,1-2H3,(H,14,15). The number of nitrogens with zero attached hydrogens (tertiary/aromatic N) is 2.